The third-order valence-corrected chi connectivity index (χ3v) is 5.10. The highest BCUT2D eigenvalue weighted by Crippen LogP contribution is 2.09. The van der Waals surface area contributed by atoms with Gasteiger partial charge in [-0.25, -0.2) is 0 Å². The van der Waals surface area contributed by atoms with Crippen molar-refractivity contribution < 1.29 is 83.9 Å². The summed E-state index contributed by atoms with van der Waals surface area (Å²) in [4.78, 5) is 0. The number of unbranched alkanes of at least 4 members (excludes halogenated alkanes) is 1. The molecule has 17 nitrogen and oxygen atoms in total. The van der Waals surface area contributed by atoms with Crippen LogP contribution in [0.3, 0.4) is 0 Å². The monoisotopic (exact) mass is 714 g/mol. The number of aliphatic hydroxyl groups excluding tert-OH is 8. The van der Waals surface area contributed by atoms with Crippen LogP contribution in [0.25, 0.3) is 0 Å². The number of hydrogen-bond acceptors (Lipinski definition) is 17. The van der Waals surface area contributed by atoms with E-state index in [0.29, 0.717) is 98.9 Å². The molecule has 0 spiro atoms. The van der Waals surface area contributed by atoms with Crippen LogP contribution in [0.2, 0.25) is 0 Å². The lowest BCUT2D eigenvalue weighted by molar-refractivity contribution is -0.0441. The first-order chi connectivity index (χ1) is 22.9. The van der Waals surface area contributed by atoms with E-state index in [0.717, 1.165) is 19.3 Å². The first-order valence-electron chi connectivity index (χ1n) is 16.4. The third kappa shape index (κ3) is 63.9. The maximum Gasteiger partial charge on any atom is 0.143 e. The lowest BCUT2D eigenvalue weighted by Crippen LogP contribution is -2.24. The van der Waals surface area contributed by atoms with Crippen LogP contribution in [0.4, 0.5) is 0 Å². The van der Waals surface area contributed by atoms with Crippen molar-refractivity contribution in [3.05, 3.63) is 0 Å². The van der Waals surface area contributed by atoms with Gasteiger partial charge in [0.15, 0.2) is 0 Å². The van der Waals surface area contributed by atoms with E-state index < -0.39 is 23.9 Å². The lowest BCUT2D eigenvalue weighted by Gasteiger charge is -2.17. The summed E-state index contributed by atoms with van der Waals surface area (Å²) in [5, 5.41) is 75.6. The molecule has 0 fully saturated rings. The van der Waals surface area contributed by atoms with Gasteiger partial charge in [0.05, 0.1) is 130 Å². The van der Waals surface area contributed by atoms with Gasteiger partial charge in [0, 0.05) is 6.42 Å². The molecule has 2 atom stereocenters. The Morgan fingerprint density at radius 1 is 0.479 bits per heavy atom. The molecule has 48 heavy (non-hydrogen) atoms. The van der Waals surface area contributed by atoms with E-state index >= 15 is 0 Å². The Balaban J connectivity index is -0.000000353. The van der Waals surface area contributed by atoms with Crippen LogP contribution >= 0.6 is 0 Å². The van der Waals surface area contributed by atoms with Gasteiger partial charge < -0.3 is 83.9 Å². The minimum atomic E-state index is -0.954. The molecular formula is C31H70O17. The first-order valence-corrected chi connectivity index (χ1v) is 16.4. The molecule has 0 radical (unpaired) electrons. The molecule has 296 valence electrons. The first kappa shape index (κ1) is 54.1. The zero-order valence-electron chi connectivity index (χ0n) is 29.8. The van der Waals surface area contributed by atoms with Gasteiger partial charge in [0.25, 0.3) is 0 Å². The van der Waals surface area contributed by atoms with E-state index in [1.807, 2.05) is 0 Å². The van der Waals surface area contributed by atoms with Crippen LogP contribution in [0.1, 0.15) is 53.4 Å². The quantitative estimate of drug-likeness (QED) is 0.0290. The minimum Gasteiger partial charge on any atom is -0.394 e. The van der Waals surface area contributed by atoms with Gasteiger partial charge in [-0.15, -0.1) is 0 Å². The normalized spacial score (nSPS) is 12.4. The van der Waals surface area contributed by atoms with Crippen molar-refractivity contribution in [1.29, 1.82) is 0 Å². The van der Waals surface area contributed by atoms with Crippen molar-refractivity contribution in [2.45, 2.75) is 77.3 Å². The molecule has 0 heterocycles. The van der Waals surface area contributed by atoms with Gasteiger partial charge >= 0.3 is 0 Å². The number of aliphatic hydroxyl groups is 9. The van der Waals surface area contributed by atoms with Gasteiger partial charge in [-0.2, -0.15) is 0 Å². The zero-order valence-corrected chi connectivity index (χ0v) is 29.8. The van der Waals surface area contributed by atoms with Gasteiger partial charge in [-0.3, -0.25) is 0 Å². The second-order valence-corrected chi connectivity index (χ2v) is 10.6. The van der Waals surface area contributed by atoms with Crippen molar-refractivity contribution in [1.82, 2.24) is 0 Å². The molecule has 2 unspecified atom stereocenters. The minimum absolute atomic E-state index is 0.0972. The fourth-order valence-corrected chi connectivity index (χ4v) is 2.88. The summed E-state index contributed by atoms with van der Waals surface area (Å²) in [7, 11) is 0. The molecule has 0 aromatic carbocycles. The largest absolute Gasteiger partial charge is 0.394 e. The van der Waals surface area contributed by atoms with E-state index in [2.05, 4.69) is 6.92 Å². The molecule has 0 bridgehead atoms. The Labute approximate surface area is 287 Å². The summed E-state index contributed by atoms with van der Waals surface area (Å²) in [5.74, 6) is 0. The molecule has 0 aliphatic carbocycles. The third-order valence-electron chi connectivity index (χ3n) is 5.10. The molecule has 0 rings (SSSR count). The summed E-state index contributed by atoms with van der Waals surface area (Å²) in [5.41, 5.74) is -0.728. The van der Waals surface area contributed by atoms with E-state index in [1.165, 1.54) is 0 Å². The van der Waals surface area contributed by atoms with Crippen molar-refractivity contribution in [3.8, 4) is 0 Å². The fraction of sp³-hybridized carbons (Fsp3) is 1.00. The van der Waals surface area contributed by atoms with Gasteiger partial charge in [0.1, 0.15) is 19.7 Å². The van der Waals surface area contributed by atoms with Crippen LogP contribution in [-0.2, 0) is 37.9 Å². The standard InChI is InChI=1S/C16H34O10.2C6H14O2.C3H8O3/c17-15-25-13-11-23-9-7-21-5-3-19-1-2-20-4-6-22-8-10-24-12-14-26-16-18;1-5(7)4-6(2,3)8;1-2-3-4-6(8)5-7;4-1-3(6)2-5/h17-18H,1-16H2;5,7-8H,4H2,1-3H3;6-8H,2-5H2,1H3;3-6H,1-2H2. The molecule has 0 aliphatic rings. The molecule has 17 heteroatoms. The maximum atomic E-state index is 9.03. The Kier molecular flexibility index (Phi) is 52.2. The van der Waals surface area contributed by atoms with Crippen molar-refractivity contribution in [2.24, 2.45) is 0 Å². The van der Waals surface area contributed by atoms with Crippen LogP contribution in [-0.4, -0.2) is 196 Å². The maximum absolute atomic E-state index is 9.03. The Morgan fingerprint density at radius 2 is 0.750 bits per heavy atom. The van der Waals surface area contributed by atoms with Gasteiger partial charge in [-0.1, -0.05) is 19.8 Å². The average Bonchev–Trinajstić information content (AvgIpc) is 3.05. The molecule has 0 aromatic rings. The molecule has 0 aliphatic heterocycles. The van der Waals surface area contributed by atoms with Crippen molar-refractivity contribution in [3.63, 3.8) is 0 Å². The van der Waals surface area contributed by atoms with E-state index in [9.17, 15) is 0 Å². The number of rotatable bonds is 31. The topological polar surface area (TPSA) is 256 Å². The second-order valence-electron chi connectivity index (χ2n) is 10.6. The van der Waals surface area contributed by atoms with E-state index in [1.54, 1.807) is 20.8 Å². The van der Waals surface area contributed by atoms with Crippen LogP contribution < -0.4 is 0 Å². The van der Waals surface area contributed by atoms with E-state index in [4.69, 9.17) is 83.9 Å². The van der Waals surface area contributed by atoms with Crippen molar-refractivity contribution >= 4 is 0 Å². The molecular weight excluding hydrogens is 644 g/mol. The summed E-state index contributed by atoms with van der Waals surface area (Å²) < 4.78 is 41.2. The molecule has 0 amide bonds. The van der Waals surface area contributed by atoms with Gasteiger partial charge in [-0.05, 0) is 27.2 Å². The molecule has 0 aromatic heterocycles. The molecule has 9 N–H and O–H groups in total. The smallest absolute Gasteiger partial charge is 0.143 e. The van der Waals surface area contributed by atoms with Crippen LogP contribution in [0.5, 0.6) is 0 Å². The number of hydrogen-bond donors (Lipinski definition) is 9. The van der Waals surface area contributed by atoms with Crippen LogP contribution in [0, 0.1) is 0 Å². The van der Waals surface area contributed by atoms with E-state index in [-0.39, 0.29) is 33.4 Å². The summed E-state index contributed by atoms with van der Waals surface area (Å²) in [6.07, 6.45) is 1.40. The summed E-state index contributed by atoms with van der Waals surface area (Å²) in [6.45, 7) is 12.3. The SMILES string of the molecule is CC(O)CC(C)(C)O.CCCCC(O)CO.OCC(O)CO.OCOCCOCCOCCOCCOCCOCCOCCOCO. The predicted molar refractivity (Wildman–Crippen MR) is 176 cm³/mol. The van der Waals surface area contributed by atoms with Crippen LogP contribution in [0.15, 0.2) is 0 Å². The Hall–Kier alpha value is -0.680. The Bertz CT molecular complexity index is 514. The Morgan fingerprint density at radius 3 is 0.896 bits per heavy atom. The predicted octanol–water partition coefficient (Wildman–Crippen LogP) is -1.59. The number of ether oxygens (including phenoxy) is 8. The highest BCUT2D eigenvalue weighted by molar-refractivity contribution is 4.67. The zero-order chi connectivity index (χ0) is 37.2. The summed E-state index contributed by atoms with van der Waals surface area (Å²) in [6, 6.07) is 0. The molecule has 0 saturated heterocycles. The lowest BCUT2D eigenvalue weighted by atomic mass is 10.0. The van der Waals surface area contributed by atoms with Gasteiger partial charge in [0.2, 0.25) is 0 Å². The van der Waals surface area contributed by atoms with Crippen molar-refractivity contribution in [2.75, 3.05) is 126 Å². The second kappa shape index (κ2) is 46.3. The molecule has 0 saturated carbocycles. The highest BCUT2D eigenvalue weighted by atomic mass is 16.6. The fourth-order valence-electron chi connectivity index (χ4n) is 2.88. The average molecular weight is 715 g/mol. The highest BCUT2D eigenvalue weighted by Gasteiger charge is 2.14. The summed E-state index contributed by atoms with van der Waals surface area (Å²) >= 11 is 0.